The number of carbonyl (C=O) groups excluding carboxylic acids is 1. The number of ether oxygens (including phenoxy) is 1. The fourth-order valence-corrected chi connectivity index (χ4v) is 3.69. The molecule has 1 aromatic rings. The van der Waals surface area contributed by atoms with Crippen LogP contribution in [0.3, 0.4) is 0 Å². The summed E-state index contributed by atoms with van der Waals surface area (Å²) in [4.78, 5) is 17.0. The van der Waals surface area contributed by atoms with E-state index in [1.54, 1.807) is 0 Å². The number of carbonyl (C=O) groups is 1. The molecule has 25 heavy (non-hydrogen) atoms. The second-order valence-corrected chi connectivity index (χ2v) is 7.61. The van der Waals surface area contributed by atoms with Crippen molar-refractivity contribution < 1.29 is 9.53 Å². The molecule has 6 heteroatoms. The number of amides is 1. The number of rotatable bonds is 6. The molecule has 0 bridgehead atoms. The Bertz CT molecular complexity index is 551. The molecule has 2 aliphatic rings. The normalized spacial score (nSPS) is 22.5. The highest BCUT2D eigenvalue weighted by Crippen LogP contribution is 2.18. The van der Waals surface area contributed by atoms with Crippen molar-refractivity contribution in [2.45, 2.75) is 64.6 Å². The van der Waals surface area contributed by atoms with Crippen molar-refractivity contribution in [1.29, 1.82) is 0 Å². The molecule has 1 amide bonds. The predicted molar refractivity (Wildman–Crippen MR) is 97.3 cm³/mol. The zero-order valence-corrected chi connectivity index (χ0v) is 15.7. The Hall–Kier alpha value is -1.40. The van der Waals surface area contributed by atoms with E-state index >= 15 is 0 Å². The molecular formula is C19H32N4O2. The zero-order valence-electron chi connectivity index (χ0n) is 15.7. The second-order valence-electron chi connectivity index (χ2n) is 7.61. The third-order valence-corrected chi connectivity index (χ3v) is 5.24. The maximum Gasteiger partial charge on any atom is 0.222 e. The quantitative estimate of drug-likeness (QED) is 0.792. The van der Waals surface area contributed by atoms with Gasteiger partial charge in [0.15, 0.2) is 0 Å². The monoisotopic (exact) mass is 348 g/mol. The van der Waals surface area contributed by atoms with Gasteiger partial charge in [0.25, 0.3) is 0 Å². The molecule has 0 spiro atoms. The van der Waals surface area contributed by atoms with E-state index < -0.39 is 0 Å². The average Bonchev–Trinajstić information content (AvgIpc) is 3.22. The number of nitrogens with zero attached hydrogens (tertiary/aromatic N) is 4. The van der Waals surface area contributed by atoms with Gasteiger partial charge >= 0.3 is 0 Å². The minimum Gasteiger partial charge on any atom is -0.378 e. The lowest BCUT2D eigenvalue weighted by Crippen LogP contribution is -2.35. The van der Waals surface area contributed by atoms with Crippen molar-refractivity contribution in [3.63, 3.8) is 0 Å². The van der Waals surface area contributed by atoms with Crippen LogP contribution in [0.25, 0.3) is 0 Å². The van der Waals surface area contributed by atoms with Crippen LogP contribution in [-0.4, -0.2) is 64.4 Å². The van der Waals surface area contributed by atoms with E-state index in [4.69, 9.17) is 4.74 Å². The molecule has 0 radical (unpaired) electrons. The van der Waals surface area contributed by atoms with Gasteiger partial charge in [-0.1, -0.05) is 0 Å². The van der Waals surface area contributed by atoms with Crippen LogP contribution in [0, 0.1) is 0 Å². The van der Waals surface area contributed by atoms with Crippen molar-refractivity contribution in [2.75, 3.05) is 32.8 Å². The van der Waals surface area contributed by atoms with Gasteiger partial charge < -0.3 is 9.64 Å². The van der Waals surface area contributed by atoms with Gasteiger partial charge in [0.1, 0.15) is 0 Å². The smallest absolute Gasteiger partial charge is 0.222 e. The molecule has 0 unspecified atom stereocenters. The highest BCUT2D eigenvalue weighted by atomic mass is 16.5. The average molecular weight is 348 g/mol. The molecular weight excluding hydrogens is 316 g/mol. The Morgan fingerprint density at radius 3 is 2.88 bits per heavy atom. The van der Waals surface area contributed by atoms with Crippen LogP contribution in [0.1, 0.15) is 57.6 Å². The van der Waals surface area contributed by atoms with Crippen molar-refractivity contribution in [3.8, 4) is 0 Å². The summed E-state index contributed by atoms with van der Waals surface area (Å²) in [6, 6.07) is 0.398. The highest BCUT2D eigenvalue weighted by Gasteiger charge is 2.22. The van der Waals surface area contributed by atoms with Crippen LogP contribution in [0.15, 0.2) is 12.4 Å². The Kier molecular flexibility index (Phi) is 6.48. The summed E-state index contributed by atoms with van der Waals surface area (Å²) in [6.45, 7) is 9.77. The topological polar surface area (TPSA) is 50.6 Å². The van der Waals surface area contributed by atoms with Gasteiger partial charge in [-0.2, -0.15) is 5.10 Å². The van der Waals surface area contributed by atoms with Gasteiger partial charge in [-0.3, -0.25) is 14.4 Å². The molecule has 0 aliphatic carbocycles. The molecule has 0 N–H and O–H groups in total. The summed E-state index contributed by atoms with van der Waals surface area (Å²) in [5.41, 5.74) is 1.26. The molecule has 0 aromatic carbocycles. The summed E-state index contributed by atoms with van der Waals surface area (Å²) in [7, 11) is 0. The van der Waals surface area contributed by atoms with Gasteiger partial charge in [0.2, 0.25) is 5.91 Å². The largest absolute Gasteiger partial charge is 0.378 e. The first-order valence-electron chi connectivity index (χ1n) is 9.76. The number of hydrogen-bond acceptors (Lipinski definition) is 4. The molecule has 3 rings (SSSR count). The van der Waals surface area contributed by atoms with Crippen molar-refractivity contribution >= 4 is 5.91 Å². The summed E-state index contributed by atoms with van der Waals surface area (Å²) in [6.07, 6.45) is 9.24. The van der Waals surface area contributed by atoms with Crippen LogP contribution in [0.5, 0.6) is 0 Å². The van der Waals surface area contributed by atoms with Gasteiger partial charge in [-0.05, 0) is 39.5 Å². The molecule has 0 saturated carbocycles. The van der Waals surface area contributed by atoms with E-state index in [-0.39, 0.29) is 0 Å². The summed E-state index contributed by atoms with van der Waals surface area (Å²) < 4.78 is 7.64. The molecule has 2 saturated heterocycles. The first kappa shape index (κ1) is 18.4. The third kappa shape index (κ3) is 5.28. The number of aromatic nitrogens is 2. The van der Waals surface area contributed by atoms with Gasteiger partial charge in [-0.15, -0.1) is 0 Å². The van der Waals surface area contributed by atoms with Crippen molar-refractivity contribution in [3.05, 3.63) is 18.0 Å². The van der Waals surface area contributed by atoms with Crippen molar-refractivity contribution in [2.24, 2.45) is 0 Å². The minimum atomic E-state index is 0.296. The Balaban J connectivity index is 1.43. The van der Waals surface area contributed by atoms with Crippen LogP contribution in [0.4, 0.5) is 0 Å². The lowest BCUT2D eigenvalue weighted by molar-refractivity contribution is -0.131. The van der Waals surface area contributed by atoms with E-state index in [0.29, 0.717) is 24.5 Å². The molecule has 6 nitrogen and oxygen atoms in total. The van der Waals surface area contributed by atoms with E-state index in [1.165, 1.54) is 5.56 Å². The minimum absolute atomic E-state index is 0.296. The summed E-state index contributed by atoms with van der Waals surface area (Å²) in [5, 5.41) is 4.42. The summed E-state index contributed by atoms with van der Waals surface area (Å²) >= 11 is 0. The molecule has 1 aromatic heterocycles. The molecule has 2 fully saturated rings. The van der Waals surface area contributed by atoms with E-state index in [9.17, 15) is 4.79 Å². The van der Waals surface area contributed by atoms with Crippen LogP contribution in [0.2, 0.25) is 0 Å². The van der Waals surface area contributed by atoms with E-state index in [2.05, 4.69) is 30.0 Å². The highest BCUT2D eigenvalue weighted by molar-refractivity contribution is 5.76. The Labute approximate surface area is 151 Å². The fraction of sp³-hybridized carbons (Fsp3) is 0.789. The van der Waals surface area contributed by atoms with E-state index in [0.717, 1.165) is 65.0 Å². The van der Waals surface area contributed by atoms with Gasteiger partial charge in [0, 0.05) is 63.6 Å². The maximum absolute atomic E-state index is 12.5. The van der Waals surface area contributed by atoms with Crippen molar-refractivity contribution in [1.82, 2.24) is 19.6 Å². The maximum atomic E-state index is 12.5. The van der Waals surface area contributed by atoms with E-state index in [1.807, 2.05) is 15.8 Å². The van der Waals surface area contributed by atoms with Gasteiger partial charge in [-0.25, -0.2) is 0 Å². The molecule has 1 atom stereocenters. The fourth-order valence-electron chi connectivity index (χ4n) is 3.69. The lowest BCUT2D eigenvalue weighted by atomic mass is 10.1. The first-order valence-corrected chi connectivity index (χ1v) is 9.76. The molecule has 2 aliphatic heterocycles. The predicted octanol–water partition coefficient (Wildman–Crippen LogP) is 2.46. The lowest BCUT2D eigenvalue weighted by Gasteiger charge is -2.22. The van der Waals surface area contributed by atoms with Crippen LogP contribution in [-0.2, 0) is 16.1 Å². The Morgan fingerprint density at radius 2 is 2.16 bits per heavy atom. The number of hydrogen-bond donors (Lipinski definition) is 0. The second kappa shape index (κ2) is 8.81. The molecule has 140 valence electrons. The standard InChI is InChI=1S/C19H32N4O2/c1-16(2)23-15-17(13-20-23)14-21-8-4-9-22(11-10-21)19(24)7-6-18-5-3-12-25-18/h13,15-16,18H,3-12,14H2,1-2H3/t18-/m0/s1. The van der Waals surface area contributed by atoms with Crippen LogP contribution >= 0.6 is 0 Å². The van der Waals surface area contributed by atoms with Gasteiger partial charge in [0.05, 0.1) is 12.3 Å². The third-order valence-electron chi connectivity index (χ3n) is 5.24. The SMILES string of the molecule is CC(C)n1cc(CN2CCCN(C(=O)CC[C@@H]3CCCO3)CC2)cn1. The zero-order chi connectivity index (χ0) is 17.6. The summed E-state index contributed by atoms with van der Waals surface area (Å²) in [5.74, 6) is 0.296. The first-order chi connectivity index (χ1) is 12.1. The Morgan fingerprint density at radius 1 is 1.28 bits per heavy atom. The molecule has 3 heterocycles. The van der Waals surface area contributed by atoms with Crippen LogP contribution < -0.4 is 0 Å².